The smallest absolute Gasteiger partial charge is 0.300 e. The minimum atomic E-state index is -1.17. The minimum Gasteiger partial charge on any atom is -0.507 e. The van der Waals surface area contributed by atoms with Crippen molar-refractivity contribution in [2.24, 2.45) is 0 Å². The first-order valence-electron chi connectivity index (χ1n) is 10.2. The Bertz CT molecular complexity index is 1280. The van der Waals surface area contributed by atoms with Gasteiger partial charge in [-0.25, -0.2) is 4.39 Å². The van der Waals surface area contributed by atoms with Gasteiger partial charge in [0.15, 0.2) is 0 Å². The monoisotopic (exact) mass is 447 g/mol. The van der Waals surface area contributed by atoms with E-state index < -0.39 is 23.5 Å². The van der Waals surface area contributed by atoms with E-state index >= 15 is 0 Å². The van der Waals surface area contributed by atoms with Crippen LogP contribution in [0, 0.1) is 12.7 Å². The van der Waals surface area contributed by atoms with E-state index in [1.54, 1.807) is 55.5 Å². The topological polar surface area (TPSA) is 76.1 Å². The Morgan fingerprint density at radius 2 is 1.64 bits per heavy atom. The van der Waals surface area contributed by atoms with Gasteiger partial charge in [-0.05, 0) is 48.9 Å². The SMILES string of the molecule is COc1cccc(N2C(=O)C(=O)/C(=C(/O)c3ccc(OC)cc3C)C2c2ccccc2F)c1. The van der Waals surface area contributed by atoms with Crippen LogP contribution >= 0.6 is 0 Å². The van der Waals surface area contributed by atoms with Crippen molar-refractivity contribution in [1.29, 1.82) is 0 Å². The van der Waals surface area contributed by atoms with Crippen LogP contribution in [-0.2, 0) is 9.59 Å². The molecule has 3 aromatic carbocycles. The van der Waals surface area contributed by atoms with E-state index in [2.05, 4.69) is 0 Å². The van der Waals surface area contributed by atoms with Crippen LogP contribution in [0.25, 0.3) is 5.76 Å². The van der Waals surface area contributed by atoms with E-state index in [1.807, 2.05) is 0 Å². The summed E-state index contributed by atoms with van der Waals surface area (Å²) in [5.74, 6) is -1.72. The maximum atomic E-state index is 15.0. The second-order valence-corrected chi connectivity index (χ2v) is 7.57. The second kappa shape index (κ2) is 8.78. The number of Topliss-reactive ketones (excluding diaryl/α,β-unsaturated/α-hetero) is 1. The van der Waals surface area contributed by atoms with Gasteiger partial charge in [-0.2, -0.15) is 0 Å². The molecule has 1 amide bonds. The Morgan fingerprint density at radius 1 is 0.939 bits per heavy atom. The zero-order valence-corrected chi connectivity index (χ0v) is 18.3. The van der Waals surface area contributed by atoms with Crippen LogP contribution in [0.1, 0.15) is 22.7 Å². The van der Waals surface area contributed by atoms with Crippen LogP contribution in [0.5, 0.6) is 11.5 Å². The summed E-state index contributed by atoms with van der Waals surface area (Å²) < 4.78 is 25.4. The van der Waals surface area contributed by atoms with Gasteiger partial charge in [0.05, 0.1) is 25.8 Å². The van der Waals surface area contributed by atoms with Crippen LogP contribution in [0.2, 0.25) is 0 Å². The fourth-order valence-electron chi connectivity index (χ4n) is 4.02. The summed E-state index contributed by atoms with van der Waals surface area (Å²) in [6, 6.07) is 16.2. The van der Waals surface area contributed by atoms with E-state index in [-0.39, 0.29) is 16.9 Å². The number of rotatable bonds is 5. The predicted octanol–water partition coefficient (Wildman–Crippen LogP) is 4.78. The molecule has 168 valence electrons. The Kier molecular flexibility index (Phi) is 5.87. The summed E-state index contributed by atoms with van der Waals surface area (Å²) >= 11 is 0. The van der Waals surface area contributed by atoms with Gasteiger partial charge in [0.1, 0.15) is 23.1 Å². The molecule has 1 heterocycles. The molecule has 0 bridgehead atoms. The molecule has 0 aromatic heterocycles. The number of benzene rings is 3. The lowest BCUT2D eigenvalue weighted by Gasteiger charge is -2.26. The summed E-state index contributed by atoms with van der Waals surface area (Å²) in [5.41, 5.74) is 1.22. The summed E-state index contributed by atoms with van der Waals surface area (Å²) in [4.78, 5) is 27.6. The molecule has 1 saturated heterocycles. The molecule has 33 heavy (non-hydrogen) atoms. The van der Waals surface area contributed by atoms with Gasteiger partial charge in [0.25, 0.3) is 11.7 Å². The van der Waals surface area contributed by atoms with E-state index in [0.717, 1.165) is 0 Å². The lowest BCUT2D eigenvalue weighted by molar-refractivity contribution is -0.132. The molecule has 1 N–H and O–H groups in total. The van der Waals surface area contributed by atoms with Crippen LogP contribution in [0.3, 0.4) is 0 Å². The van der Waals surface area contributed by atoms with Gasteiger partial charge in [0.2, 0.25) is 0 Å². The number of aryl methyl sites for hydroxylation is 1. The lowest BCUT2D eigenvalue weighted by Crippen LogP contribution is -2.29. The molecule has 1 fully saturated rings. The van der Waals surface area contributed by atoms with Crippen molar-refractivity contribution >= 4 is 23.1 Å². The van der Waals surface area contributed by atoms with Crippen LogP contribution < -0.4 is 14.4 Å². The maximum Gasteiger partial charge on any atom is 0.300 e. The molecule has 1 atom stereocenters. The third-order valence-electron chi connectivity index (χ3n) is 5.66. The van der Waals surface area contributed by atoms with Crippen molar-refractivity contribution in [3.05, 3.63) is 94.8 Å². The highest BCUT2D eigenvalue weighted by molar-refractivity contribution is 6.51. The molecule has 0 saturated carbocycles. The standard InChI is InChI=1S/C26H22FNO5/c1-15-13-18(33-3)11-12-19(15)24(29)22-23(20-9-4-5-10-21(20)27)28(26(31)25(22)30)16-7-6-8-17(14-16)32-2/h4-14,23,29H,1-3H3/b24-22+. The molecule has 0 aliphatic carbocycles. The average molecular weight is 447 g/mol. The number of aliphatic hydroxyl groups is 1. The summed E-state index contributed by atoms with van der Waals surface area (Å²) in [5, 5.41) is 11.2. The molecule has 0 spiro atoms. The summed E-state index contributed by atoms with van der Waals surface area (Å²) in [6.07, 6.45) is 0. The van der Waals surface area contributed by atoms with Crippen molar-refractivity contribution in [1.82, 2.24) is 0 Å². The number of carbonyl (C=O) groups excluding carboxylic acids is 2. The number of carbonyl (C=O) groups is 2. The Balaban J connectivity index is 1.97. The first-order valence-corrected chi connectivity index (χ1v) is 10.2. The maximum absolute atomic E-state index is 15.0. The number of halogens is 1. The normalized spacial score (nSPS) is 17.3. The third-order valence-corrected chi connectivity index (χ3v) is 5.66. The quantitative estimate of drug-likeness (QED) is 0.346. The highest BCUT2D eigenvalue weighted by Gasteiger charge is 2.48. The molecule has 7 heteroatoms. The fourth-order valence-corrected chi connectivity index (χ4v) is 4.02. The summed E-state index contributed by atoms with van der Waals surface area (Å²) in [7, 11) is 3.00. The van der Waals surface area contributed by atoms with Gasteiger partial charge < -0.3 is 14.6 Å². The molecule has 1 aliphatic heterocycles. The number of hydrogen-bond donors (Lipinski definition) is 1. The van der Waals surface area contributed by atoms with Crippen molar-refractivity contribution < 1.29 is 28.6 Å². The number of methoxy groups -OCH3 is 2. The van der Waals surface area contributed by atoms with Crippen LogP contribution in [-0.4, -0.2) is 31.0 Å². The first-order chi connectivity index (χ1) is 15.9. The molecule has 1 unspecified atom stereocenters. The van der Waals surface area contributed by atoms with Crippen LogP contribution in [0.15, 0.2) is 72.3 Å². The number of nitrogens with zero attached hydrogens (tertiary/aromatic N) is 1. The third kappa shape index (κ3) is 3.82. The van der Waals surface area contributed by atoms with Gasteiger partial charge in [-0.15, -0.1) is 0 Å². The van der Waals surface area contributed by atoms with Crippen molar-refractivity contribution in [3.63, 3.8) is 0 Å². The number of ketones is 1. The minimum absolute atomic E-state index is 0.0900. The number of hydrogen-bond acceptors (Lipinski definition) is 5. The molecular weight excluding hydrogens is 425 g/mol. The van der Waals surface area contributed by atoms with Gasteiger partial charge in [-0.3, -0.25) is 14.5 Å². The zero-order valence-electron chi connectivity index (χ0n) is 18.3. The van der Waals surface area contributed by atoms with Crippen molar-refractivity contribution in [2.75, 3.05) is 19.1 Å². The lowest BCUT2D eigenvalue weighted by atomic mass is 9.93. The Morgan fingerprint density at radius 3 is 2.30 bits per heavy atom. The first kappa shape index (κ1) is 22.1. The zero-order chi connectivity index (χ0) is 23.7. The number of ether oxygens (including phenoxy) is 2. The highest BCUT2D eigenvalue weighted by atomic mass is 19.1. The number of amides is 1. The molecule has 4 rings (SSSR count). The molecule has 1 aliphatic rings. The van der Waals surface area contributed by atoms with Gasteiger partial charge in [0, 0.05) is 22.9 Å². The largest absolute Gasteiger partial charge is 0.507 e. The fraction of sp³-hybridized carbons (Fsp3) is 0.154. The molecule has 3 aromatic rings. The molecular formula is C26H22FNO5. The van der Waals surface area contributed by atoms with Crippen molar-refractivity contribution in [3.8, 4) is 11.5 Å². The summed E-state index contributed by atoms with van der Waals surface area (Å²) in [6.45, 7) is 1.74. The van der Waals surface area contributed by atoms with E-state index in [9.17, 15) is 19.1 Å². The van der Waals surface area contributed by atoms with E-state index in [4.69, 9.17) is 9.47 Å². The number of aliphatic hydroxyl groups excluding tert-OH is 1. The van der Waals surface area contributed by atoms with Crippen molar-refractivity contribution in [2.45, 2.75) is 13.0 Å². The van der Waals surface area contributed by atoms with E-state index in [1.165, 1.54) is 37.3 Å². The predicted molar refractivity (Wildman–Crippen MR) is 122 cm³/mol. The van der Waals surface area contributed by atoms with Gasteiger partial charge in [-0.1, -0.05) is 24.3 Å². The van der Waals surface area contributed by atoms with E-state index in [0.29, 0.717) is 28.3 Å². The molecule has 0 radical (unpaired) electrons. The Labute approximate surface area is 190 Å². The second-order valence-electron chi connectivity index (χ2n) is 7.57. The number of anilines is 1. The van der Waals surface area contributed by atoms with Gasteiger partial charge >= 0.3 is 0 Å². The Hall–Kier alpha value is -4.13. The molecule has 6 nitrogen and oxygen atoms in total. The highest BCUT2D eigenvalue weighted by Crippen LogP contribution is 2.43. The average Bonchev–Trinajstić information content (AvgIpc) is 3.09. The van der Waals surface area contributed by atoms with Crippen LogP contribution in [0.4, 0.5) is 10.1 Å².